The molecule has 15 heavy (non-hydrogen) atoms. The van der Waals surface area contributed by atoms with E-state index in [9.17, 15) is 13.2 Å². The number of rotatable bonds is 1. The number of hydrogen-bond donors (Lipinski definition) is 0. The van der Waals surface area contributed by atoms with Crippen molar-refractivity contribution >= 4 is 0 Å². The minimum atomic E-state index is -4.38. The highest BCUT2D eigenvalue weighted by Crippen LogP contribution is 2.46. The van der Waals surface area contributed by atoms with E-state index < -0.39 is 11.6 Å². The highest BCUT2D eigenvalue weighted by Gasteiger charge is 2.51. The molecule has 0 saturated carbocycles. The van der Waals surface area contributed by atoms with E-state index in [4.69, 9.17) is 10.00 Å². The van der Waals surface area contributed by atoms with Crippen LogP contribution in [0.2, 0.25) is 0 Å². The molecule has 0 radical (unpaired) electrons. The van der Waals surface area contributed by atoms with Gasteiger partial charge >= 0.3 is 6.18 Å². The van der Waals surface area contributed by atoms with Gasteiger partial charge in [0.2, 0.25) is 0 Å². The van der Waals surface area contributed by atoms with Gasteiger partial charge in [-0.3, -0.25) is 0 Å². The zero-order chi connectivity index (χ0) is 11.7. The molecule has 1 atom stereocenters. The highest BCUT2D eigenvalue weighted by atomic mass is 19.4. The van der Waals surface area contributed by atoms with E-state index in [0.29, 0.717) is 0 Å². The van der Waals surface area contributed by atoms with Gasteiger partial charge in [0.05, 0.1) is 29.9 Å². The summed E-state index contributed by atoms with van der Waals surface area (Å²) < 4.78 is 42.9. The zero-order valence-electron chi connectivity index (χ0n) is 8.35. The van der Waals surface area contributed by atoms with Crippen molar-refractivity contribution in [2.75, 3.05) is 7.11 Å². The van der Waals surface area contributed by atoms with Gasteiger partial charge in [-0.05, 0) is 13.0 Å². The minimum Gasteiger partial charge on any atom is -0.501 e. The van der Waals surface area contributed by atoms with Crippen LogP contribution < -0.4 is 0 Å². The number of hydrogen-bond acceptors (Lipinski definition) is 2. The Kier molecular flexibility index (Phi) is 2.80. The van der Waals surface area contributed by atoms with E-state index in [-0.39, 0.29) is 17.8 Å². The lowest BCUT2D eigenvalue weighted by molar-refractivity contribution is -0.202. The molecule has 0 fully saturated rings. The molecule has 5 heteroatoms. The van der Waals surface area contributed by atoms with E-state index in [0.717, 1.165) is 13.0 Å². The van der Waals surface area contributed by atoms with Crippen molar-refractivity contribution in [3.8, 4) is 6.07 Å². The van der Waals surface area contributed by atoms with Gasteiger partial charge in [0, 0.05) is 6.42 Å². The van der Waals surface area contributed by atoms with E-state index in [1.54, 1.807) is 6.07 Å². The predicted molar refractivity (Wildman–Crippen MR) is 47.6 cm³/mol. The number of nitrogens with zero attached hydrogens (tertiary/aromatic N) is 1. The molecule has 0 aromatic rings. The van der Waals surface area contributed by atoms with Gasteiger partial charge in [-0.15, -0.1) is 0 Å². The lowest BCUT2D eigenvalue weighted by Crippen LogP contribution is -2.35. The Labute approximate surface area is 85.6 Å². The van der Waals surface area contributed by atoms with Crippen molar-refractivity contribution in [3.63, 3.8) is 0 Å². The third-order valence-electron chi connectivity index (χ3n) is 2.37. The summed E-state index contributed by atoms with van der Waals surface area (Å²) in [6, 6.07) is 1.70. The minimum absolute atomic E-state index is 0.0158. The Morgan fingerprint density at radius 3 is 2.53 bits per heavy atom. The maximum Gasteiger partial charge on any atom is 0.398 e. The van der Waals surface area contributed by atoms with Crippen molar-refractivity contribution in [2.24, 2.45) is 5.41 Å². The molecule has 0 bridgehead atoms. The summed E-state index contributed by atoms with van der Waals surface area (Å²) in [4.78, 5) is 0. The molecule has 1 rings (SSSR count). The molecule has 1 aliphatic carbocycles. The summed E-state index contributed by atoms with van der Waals surface area (Å²) in [6.07, 6.45) is -2.38. The molecule has 0 amide bonds. The molecule has 1 unspecified atom stereocenters. The van der Waals surface area contributed by atoms with Gasteiger partial charge < -0.3 is 4.74 Å². The fourth-order valence-electron chi connectivity index (χ4n) is 1.40. The van der Waals surface area contributed by atoms with Gasteiger partial charge in [0.25, 0.3) is 0 Å². The van der Waals surface area contributed by atoms with Crippen molar-refractivity contribution in [1.82, 2.24) is 0 Å². The lowest BCUT2D eigenvalue weighted by Gasteiger charge is -2.31. The second-order valence-electron chi connectivity index (χ2n) is 3.62. The molecule has 0 N–H and O–H groups in total. The molecule has 0 saturated heterocycles. The second kappa shape index (κ2) is 3.61. The molecule has 0 aromatic carbocycles. The second-order valence-corrected chi connectivity index (χ2v) is 3.62. The summed E-state index contributed by atoms with van der Waals surface area (Å²) in [7, 11) is 1.29. The summed E-state index contributed by atoms with van der Waals surface area (Å²) in [5.41, 5.74) is -2.03. The standard InChI is InChI=1S/C10H10F3NO/c1-9(10(11,12)13)4-7(6-14)3-8(5-9)15-2/h3-4H,5H2,1-2H3. The number of ether oxygens (including phenoxy) is 1. The van der Waals surface area contributed by atoms with Crippen LogP contribution in [-0.2, 0) is 4.74 Å². The molecule has 0 heterocycles. The van der Waals surface area contributed by atoms with Crippen LogP contribution in [0.4, 0.5) is 13.2 Å². The van der Waals surface area contributed by atoms with Crippen molar-refractivity contribution in [3.05, 3.63) is 23.5 Å². The Morgan fingerprint density at radius 2 is 2.13 bits per heavy atom. The van der Waals surface area contributed by atoms with Gasteiger partial charge in [-0.2, -0.15) is 18.4 Å². The molecular formula is C10H10F3NO. The van der Waals surface area contributed by atoms with E-state index >= 15 is 0 Å². The zero-order valence-corrected chi connectivity index (χ0v) is 8.35. The summed E-state index contributed by atoms with van der Waals surface area (Å²) in [5, 5.41) is 8.62. The number of alkyl halides is 3. The lowest BCUT2D eigenvalue weighted by atomic mass is 9.80. The molecule has 0 spiro atoms. The van der Waals surface area contributed by atoms with E-state index in [1.165, 1.54) is 13.2 Å². The maximum atomic E-state index is 12.7. The van der Waals surface area contributed by atoms with Crippen molar-refractivity contribution < 1.29 is 17.9 Å². The average molecular weight is 217 g/mol. The quantitative estimate of drug-likeness (QED) is 0.676. The van der Waals surface area contributed by atoms with Crippen LogP contribution in [0.3, 0.4) is 0 Å². The fraction of sp³-hybridized carbons (Fsp3) is 0.500. The topological polar surface area (TPSA) is 33.0 Å². The smallest absolute Gasteiger partial charge is 0.398 e. The third-order valence-corrected chi connectivity index (χ3v) is 2.37. The molecule has 1 aliphatic rings. The Bertz CT molecular complexity index is 362. The van der Waals surface area contributed by atoms with Gasteiger partial charge in [0.1, 0.15) is 0 Å². The van der Waals surface area contributed by atoms with Gasteiger partial charge in [-0.25, -0.2) is 0 Å². The van der Waals surface area contributed by atoms with Crippen molar-refractivity contribution in [2.45, 2.75) is 19.5 Å². The van der Waals surface area contributed by atoms with Crippen LogP contribution in [0.5, 0.6) is 0 Å². The highest BCUT2D eigenvalue weighted by molar-refractivity contribution is 5.40. The molecule has 82 valence electrons. The summed E-state index contributed by atoms with van der Waals surface area (Å²) >= 11 is 0. The van der Waals surface area contributed by atoms with Crippen LogP contribution in [0.25, 0.3) is 0 Å². The maximum absolute atomic E-state index is 12.7. The van der Waals surface area contributed by atoms with E-state index in [1.807, 2.05) is 0 Å². The number of allylic oxidation sites excluding steroid dienone is 4. The SMILES string of the molecule is COC1=CC(C#N)=CC(C)(C(F)(F)F)C1. The Balaban J connectivity index is 3.14. The first-order chi connectivity index (χ1) is 6.82. The Morgan fingerprint density at radius 1 is 1.53 bits per heavy atom. The molecular weight excluding hydrogens is 207 g/mol. The molecule has 2 nitrogen and oxygen atoms in total. The van der Waals surface area contributed by atoms with Gasteiger partial charge in [-0.1, -0.05) is 6.08 Å². The summed E-state index contributed by atoms with van der Waals surface area (Å²) in [5.74, 6) is 0.175. The van der Waals surface area contributed by atoms with Crippen LogP contribution in [0, 0.1) is 16.7 Å². The first-order valence-electron chi connectivity index (χ1n) is 4.26. The molecule has 0 aliphatic heterocycles. The predicted octanol–water partition coefficient (Wildman–Crippen LogP) is 2.94. The first-order valence-corrected chi connectivity index (χ1v) is 4.26. The summed E-state index contributed by atoms with van der Waals surface area (Å²) in [6.45, 7) is 1.05. The average Bonchev–Trinajstić information content (AvgIpc) is 2.15. The third kappa shape index (κ3) is 2.14. The van der Waals surface area contributed by atoms with Crippen LogP contribution in [-0.4, -0.2) is 13.3 Å². The Hall–Kier alpha value is -1.44. The fourth-order valence-corrected chi connectivity index (χ4v) is 1.40. The first kappa shape index (κ1) is 11.6. The van der Waals surface area contributed by atoms with Crippen LogP contribution in [0.15, 0.2) is 23.5 Å². The number of methoxy groups -OCH3 is 1. The normalized spacial score (nSPS) is 26.4. The number of halogens is 3. The van der Waals surface area contributed by atoms with Gasteiger partial charge in [0.15, 0.2) is 0 Å². The number of nitriles is 1. The largest absolute Gasteiger partial charge is 0.501 e. The van der Waals surface area contributed by atoms with Crippen molar-refractivity contribution in [1.29, 1.82) is 5.26 Å². The van der Waals surface area contributed by atoms with E-state index in [2.05, 4.69) is 0 Å². The van der Waals surface area contributed by atoms with Crippen LogP contribution >= 0.6 is 0 Å². The monoisotopic (exact) mass is 217 g/mol. The van der Waals surface area contributed by atoms with Crippen LogP contribution in [0.1, 0.15) is 13.3 Å². The molecule has 0 aromatic heterocycles.